The Morgan fingerprint density at radius 1 is 1.27 bits per heavy atom. The Hall–Kier alpha value is -1.42. The van der Waals surface area contributed by atoms with Crippen LogP contribution in [0.5, 0.6) is 5.75 Å². The van der Waals surface area contributed by atoms with Crippen LogP contribution in [0.2, 0.25) is 5.02 Å². The molecule has 1 rings (SSSR count). The molecule has 1 aromatic rings. The number of carbonyl (C=O) groups excluding carboxylic acids is 1. The number of aliphatic hydroxyl groups is 5. The molecule has 0 spiro atoms. The van der Waals surface area contributed by atoms with Gasteiger partial charge in [-0.15, -0.1) is 0 Å². The standard InChI is InChI=1S/C13H18ClNO7/c1-22-9-4-6(14)2-3-7(9)15-13(21)12(20)11(19)10(18)8(17)5-16/h2-4,8,10-12,16-20H,5H2,1H3,(H,15,21)/t8-,10-,11-,12-/m1/s1. The minimum absolute atomic E-state index is 0.195. The Balaban J connectivity index is 2.80. The van der Waals surface area contributed by atoms with Crippen molar-refractivity contribution in [1.29, 1.82) is 0 Å². The second-order valence-corrected chi connectivity index (χ2v) is 4.95. The molecule has 6 N–H and O–H groups in total. The first-order chi connectivity index (χ1) is 10.3. The Labute approximate surface area is 131 Å². The molecule has 9 heteroatoms. The molecule has 0 saturated heterocycles. The third kappa shape index (κ3) is 4.54. The van der Waals surface area contributed by atoms with Gasteiger partial charge in [0.15, 0.2) is 6.10 Å². The number of methoxy groups -OCH3 is 1. The Morgan fingerprint density at radius 3 is 2.45 bits per heavy atom. The molecule has 0 aliphatic heterocycles. The molecule has 0 fully saturated rings. The van der Waals surface area contributed by atoms with Crippen molar-refractivity contribution in [3.05, 3.63) is 23.2 Å². The average Bonchev–Trinajstić information content (AvgIpc) is 2.53. The van der Waals surface area contributed by atoms with Gasteiger partial charge < -0.3 is 35.6 Å². The molecule has 0 aromatic heterocycles. The molecule has 0 aliphatic carbocycles. The first kappa shape index (κ1) is 18.6. The topological polar surface area (TPSA) is 139 Å². The molecule has 4 atom stereocenters. The highest BCUT2D eigenvalue weighted by atomic mass is 35.5. The number of amides is 1. The minimum Gasteiger partial charge on any atom is -0.495 e. The van der Waals surface area contributed by atoms with Gasteiger partial charge >= 0.3 is 0 Å². The molecule has 0 saturated carbocycles. The van der Waals surface area contributed by atoms with Crippen LogP contribution in [0.15, 0.2) is 18.2 Å². The van der Waals surface area contributed by atoms with Gasteiger partial charge in [0.1, 0.15) is 24.1 Å². The molecule has 0 unspecified atom stereocenters. The van der Waals surface area contributed by atoms with Crippen LogP contribution in [-0.4, -0.2) is 69.6 Å². The third-order valence-corrected chi connectivity index (χ3v) is 3.18. The van der Waals surface area contributed by atoms with Crippen molar-refractivity contribution >= 4 is 23.2 Å². The summed E-state index contributed by atoms with van der Waals surface area (Å²) in [6.07, 6.45) is -7.60. The Kier molecular flexibility index (Phi) is 7.01. The van der Waals surface area contributed by atoms with Crippen LogP contribution in [0.4, 0.5) is 5.69 Å². The largest absolute Gasteiger partial charge is 0.495 e. The normalized spacial score (nSPS) is 16.5. The molecular formula is C13H18ClNO7. The summed E-state index contributed by atoms with van der Waals surface area (Å²) in [7, 11) is 1.36. The molecule has 0 heterocycles. The van der Waals surface area contributed by atoms with E-state index in [9.17, 15) is 25.2 Å². The summed E-state index contributed by atoms with van der Waals surface area (Å²) in [5.74, 6) is -0.796. The van der Waals surface area contributed by atoms with Gasteiger partial charge in [-0.3, -0.25) is 4.79 Å². The fourth-order valence-electron chi connectivity index (χ4n) is 1.65. The summed E-state index contributed by atoms with van der Waals surface area (Å²) in [5.41, 5.74) is 0.195. The van der Waals surface area contributed by atoms with Crippen LogP contribution in [0, 0.1) is 0 Å². The van der Waals surface area contributed by atoms with E-state index >= 15 is 0 Å². The summed E-state index contributed by atoms with van der Waals surface area (Å²) in [5, 5.41) is 49.3. The van der Waals surface area contributed by atoms with Crippen molar-refractivity contribution in [3.8, 4) is 5.75 Å². The molecule has 0 bridgehead atoms. The fourth-order valence-corrected chi connectivity index (χ4v) is 1.81. The van der Waals surface area contributed by atoms with Gasteiger partial charge in [-0.05, 0) is 12.1 Å². The molecule has 124 valence electrons. The molecule has 22 heavy (non-hydrogen) atoms. The maximum atomic E-state index is 11.9. The second-order valence-electron chi connectivity index (χ2n) is 4.51. The van der Waals surface area contributed by atoms with Crippen molar-refractivity contribution in [2.45, 2.75) is 24.4 Å². The van der Waals surface area contributed by atoms with E-state index in [0.717, 1.165) is 0 Å². The van der Waals surface area contributed by atoms with Gasteiger partial charge in [0, 0.05) is 11.1 Å². The Morgan fingerprint density at radius 2 is 1.91 bits per heavy atom. The molecule has 0 aliphatic rings. The molecule has 1 aromatic carbocycles. The first-order valence-electron chi connectivity index (χ1n) is 6.29. The third-order valence-electron chi connectivity index (χ3n) is 2.94. The highest BCUT2D eigenvalue weighted by Crippen LogP contribution is 2.28. The van der Waals surface area contributed by atoms with Crippen LogP contribution >= 0.6 is 11.6 Å². The van der Waals surface area contributed by atoms with Crippen molar-refractivity contribution in [2.75, 3.05) is 19.0 Å². The van der Waals surface area contributed by atoms with Gasteiger partial charge in [0.25, 0.3) is 5.91 Å². The quantitative estimate of drug-likeness (QED) is 0.365. The van der Waals surface area contributed by atoms with Crippen molar-refractivity contribution in [1.82, 2.24) is 0 Å². The van der Waals surface area contributed by atoms with E-state index in [0.29, 0.717) is 5.02 Å². The van der Waals surface area contributed by atoms with Crippen LogP contribution in [0.3, 0.4) is 0 Å². The van der Waals surface area contributed by atoms with E-state index in [1.807, 2.05) is 0 Å². The number of anilines is 1. The van der Waals surface area contributed by atoms with Crippen LogP contribution in [0.1, 0.15) is 0 Å². The van der Waals surface area contributed by atoms with E-state index in [2.05, 4.69) is 5.32 Å². The number of aliphatic hydroxyl groups excluding tert-OH is 5. The number of benzene rings is 1. The predicted molar refractivity (Wildman–Crippen MR) is 77.7 cm³/mol. The average molecular weight is 336 g/mol. The summed E-state index contributed by atoms with van der Waals surface area (Å²) in [4.78, 5) is 11.9. The van der Waals surface area contributed by atoms with E-state index in [-0.39, 0.29) is 11.4 Å². The summed E-state index contributed by atoms with van der Waals surface area (Å²) in [6.45, 7) is -0.836. The van der Waals surface area contributed by atoms with E-state index in [4.69, 9.17) is 21.4 Å². The smallest absolute Gasteiger partial charge is 0.256 e. The highest BCUT2D eigenvalue weighted by Gasteiger charge is 2.34. The van der Waals surface area contributed by atoms with Crippen LogP contribution in [-0.2, 0) is 4.79 Å². The lowest BCUT2D eigenvalue weighted by molar-refractivity contribution is -0.144. The van der Waals surface area contributed by atoms with Gasteiger partial charge in [0.05, 0.1) is 19.4 Å². The number of nitrogens with one attached hydrogen (secondary N) is 1. The first-order valence-corrected chi connectivity index (χ1v) is 6.67. The monoisotopic (exact) mass is 335 g/mol. The van der Waals surface area contributed by atoms with Gasteiger partial charge in [-0.2, -0.15) is 0 Å². The maximum absolute atomic E-state index is 11.9. The van der Waals surface area contributed by atoms with E-state index in [1.54, 1.807) is 0 Å². The number of ether oxygens (including phenoxy) is 1. The molecule has 8 nitrogen and oxygen atoms in total. The van der Waals surface area contributed by atoms with Crippen molar-refractivity contribution < 1.29 is 35.1 Å². The van der Waals surface area contributed by atoms with Gasteiger partial charge in [0.2, 0.25) is 0 Å². The van der Waals surface area contributed by atoms with Gasteiger partial charge in [-0.25, -0.2) is 0 Å². The summed E-state index contributed by atoms with van der Waals surface area (Å²) in [6, 6.07) is 4.34. The lowest BCUT2D eigenvalue weighted by Crippen LogP contribution is -2.50. The maximum Gasteiger partial charge on any atom is 0.256 e. The van der Waals surface area contributed by atoms with Crippen LogP contribution in [0.25, 0.3) is 0 Å². The highest BCUT2D eigenvalue weighted by molar-refractivity contribution is 6.30. The lowest BCUT2D eigenvalue weighted by Gasteiger charge is -2.25. The number of carbonyl (C=O) groups is 1. The Bertz CT molecular complexity index is 513. The number of rotatable bonds is 7. The lowest BCUT2D eigenvalue weighted by atomic mass is 10.0. The van der Waals surface area contributed by atoms with Crippen molar-refractivity contribution in [2.24, 2.45) is 0 Å². The van der Waals surface area contributed by atoms with E-state index in [1.165, 1.54) is 25.3 Å². The van der Waals surface area contributed by atoms with E-state index < -0.39 is 36.9 Å². The fraction of sp³-hybridized carbons (Fsp3) is 0.462. The molecular weight excluding hydrogens is 318 g/mol. The second kappa shape index (κ2) is 8.28. The zero-order valence-electron chi connectivity index (χ0n) is 11.7. The van der Waals surface area contributed by atoms with Crippen molar-refractivity contribution in [3.63, 3.8) is 0 Å². The minimum atomic E-state index is -2.03. The summed E-state index contributed by atoms with van der Waals surface area (Å²) >= 11 is 5.77. The predicted octanol–water partition coefficient (Wildman–Crippen LogP) is -1.28. The SMILES string of the molecule is COc1cc(Cl)ccc1NC(=O)[C@H](O)[C@H](O)[C@H](O)[C@H](O)CO. The molecule has 1 amide bonds. The zero-order valence-corrected chi connectivity index (χ0v) is 12.4. The zero-order chi connectivity index (χ0) is 16.9. The number of hydrogen-bond acceptors (Lipinski definition) is 7. The number of halogens is 1. The van der Waals surface area contributed by atoms with Gasteiger partial charge in [-0.1, -0.05) is 11.6 Å². The molecule has 0 radical (unpaired) electrons. The number of hydrogen-bond donors (Lipinski definition) is 6. The van der Waals surface area contributed by atoms with Crippen LogP contribution < -0.4 is 10.1 Å². The summed E-state index contributed by atoms with van der Waals surface area (Å²) < 4.78 is 5.00.